The van der Waals surface area contributed by atoms with Crippen LogP contribution in [0, 0.1) is 0 Å². The van der Waals surface area contributed by atoms with Gasteiger partial charge in [0.2, 0.25) is 5.91 Å². The highest BCUT2D eigenvalue weighted by Gasteiger charge is 2.06. The van der Waals surface area contributed by atoms with Crippen molar-refractivity contribution in [3.8, 4) is 5.75 Å². The average Bonchev–Trinajstić information content (AvgIpc) is 2.43. The third-order valence-corrected chi connectivity index (χ3v) is 2.33. The van der Waals surface area contributed by atoms with Crippen LogP contribution in [0.4, 0.5) is 0 Å². The summed E-state index contributed by atoms with van der Waals surface area (Å²) in [5.74, 6) is 0.385. The Hall–Kier alpha value is -1.85. The van der Waals surface area contributed by atoms with E-state index in [4.69, 9.17) is 14.9 Å². The lowest BCUT2D eigenvalue weighted by molar-refractivity contribution is -0.117. The van der Waals surface area contributed by atoms with Gasteiger partial charge in [0, 0.05) is 6.08 Å². The van der Waals surface area contributed by atoms with Crippen LogP contribution in [-0.4, -0.2) is 42.5 Å². The summed E-state index contributed by atoms with van der Waals surface area (Å²) in [7, 11) is 1.59. The molecule has 0 fully saturated rings. The van der Waals surface area contributed by atoms with Gasteiger partial charge in [0.15, 0.2) is 0 Å². The molecule has 5 heteroatoms. The van der Waals surface area contributed by atoms with Crippen molar-refractivity contribution in [1.82, 2.24) is 5.32 Å². The van der Waals surface area contributed by atoms with E-state index < -0.39 is 6.04 Å². The maximum atomic E-state index is 11.4. The molecule has 0 saturated heterocycles. The Morgan fingerprint density at radius 2 is 1.94 bits per heavy atom. The number of carbonyl (C=O) groups excluding carboxylic acids is 1. The van der Waals surface area contributed by atoms with Gasteiger partial charge in [-0.1, -0.05) is 12.1 Å². The number of hydrogen-bond donors (Lipinski definition) is 3. The van der Waals surface area contributed by atoms with Crippen LogP contribution in [0.3, 0.4) is 0 Å². The molecule has 0 unspecified atom stereocenters. The highest BCUT2D eigenvalue weighted by Crippen LogP contribution is 2.12. The third kappa shape index (κ3) is 4.57. The fourth-order valence-electron chi connectivity index (χ4n) is 1.29. The molecule has 98 valence electrons. The number of carbonyl (C=O) groups is 1. The fraction of sp³-hybridized carbons (Fsp3) is 0.308. The minimum absolute atomic E-state index is 0.293. The lowest BCUT2D eigenvalue weighted by atomic mass is 10.2. The van der Waals surface area contributed by atoms with E-state index in [-0.39, 0.29) is 19.1 Å². The maximum absolute atomic E-state index is 11.4. The summed E-state index contributed by atoms with van der Waals surface area (Å²) < 4.78 is 5.02. The lowest BCUT2D eigenvalue weighted by Gasteiger charge is -2.10. The summed E-state index contributed by atoms with van der Waals surface area (Å²) >= 11 is 0. The molecule has 0 atom stereocenters. The monoisotopic (exact) mass is 251 g/mol. The Bertz CT molecular complexity index is 396. The van der Waals surface area contributed by atoms with Crippen LogP contribution in [-0.2, 0) is 4.79 Å². The van der Waals surface area contributed by atoms with Crippen molar-refractivity contribution in [2.24, 2.45) is 0 Å². The maximum Gasteiger partial charge on any atom is 0.244 e. The molecule has 0 heterocycles. The third-order valence-electron chi connectivity index (χ3n) is 2.33. The molecule has 0 spiro atoms. The molecule has 3 N–H and O–H groups in total. The predicted octanol–water partition coefficient (Wildman–Crippen LogP) is 0.178. The van der Waals surface area contributed by atoms with Gasteiger partial charge in [-0.3, -0.25) is 4.79 Å². The van der Waals surface area contributed by atoms with Crippen molar-refractivity contribution >= 4 is 12.0 Å². The number of nitrogens with one attached hydrogen (secondary N) is 1. The van der Waals surface area contributed by atoms with Crippen molar-refractivity contribution in [3.05, 3.63) is 35.9 Å². The second kappa shape index (κ2) is 7.47. The molecule has 1 aromatic carbocycles. The van der Waals surface area contributed by atoms with E-state index in [1.807, 2.05) is 12.1 Å². The van der Waals surface area contributed by atoms with Crippen LogP contribution in [0.5, 0.6) is 5.75 Å². The summed E-state index contributed by atoms with van der Waals surface area (Å²) in [6.07, 6.45) is 2.99. The lowest BCUT2D eigenvalue weighted by Crippen LogP contribution is -2.39. The summed E-state index contributed by atoms with van der Waals surface area (Å²) in [4.78, 5) is 11.4. The highest BCUT2D eigenvalue weighted by atomic mass is 16.5. The van der Waals surface area contributed by atoms with Gasteiger partial charge in [-0.05, 0) is 23.8 Å². The van der Waals surface area contributed by atoms with E-state index >= 15 is 0 Å². The number of ether oxygens (including phenoxy) is 1. The molecule has 18 heavy (non-hydrogen) atoms. The van der Waals surface area contributed by atoms with E-state index in [1.54, 1.807) is 25.3 Å². The number of methoxy groups -OCH3 is 1. The average molecular weight is 251 g/mol. The Labute approximate surface area is 106 Å². The molecule has 1 amide bonds. The predicted molar refractivity (Wildman–Crippen MR) is 68.1 cm³/mol. The van der Waals surface area contributed by atoms with Crippen LogP contribution in [0.2, 0.25) is 0 Å². The first-order valence-electron chi connectivity index (χ1n) is 5.54. The van der Waals surface area contributed by atoms with Gasteiger partial charge in [-0.25, -0.2) is 0 Å². The summed E-state index contributed by atoms with van der Waals surface area (Å²) in [6, 6.07) is 6.60. The van der Waals surface area contributed by atoms with Crippen LogP contribution in [0.25, 0.3) is 6.08 Å². The number of benzene rings is 1. The van der Waals surface area contributed by atoms with Crippen molar-refractivity contribution in [2.75, 3.05) is 20.3 Å². The van der Waals surface area contributed by atoms with Gasteiger partial charge in [0.25, 0.3) is 0 Å². The number of hydrogen-bond acceptors (Lipinski definition) is 4. The SMILES string of the molecule is COc1ccc(C=CC(=O)NC(CO)CO)cc1. The standard InChI is InChI=1S/C13H17NO4/c1-18-12-5-2-10(3-6-12)4-7-13(17)14-11(8-15)9-16/h2-7,11,15-16H,8-9H2,1H3,(H,14,17). The molecule has 0 radical (unpaired) electrons. The molecule has 1 aromatic rings. The zero-order valence-corrected chi connectivity index (χ0v) is 10.2. The minimum atomic E-state index is -0.627. The second-order valence-corrected chi connectivity index (χ2v) is 3.68. The van der Waals surface area contributed by atoms with E-state index in [1.165, 1.54) is 6.08 Å². The first kappa shape index (κ1) is 14.2. The topological polar surface area (TPSA) is 78.8 Å². The highest BCUT2D eigenvalue weighted by molar-refractivity contribution is 5.91. The van der Waals surface area contributed by atoms with E-state index in [0.29, 0.717) is 0 Å². The van der Waals surface area contributed by atoms with Gasteiger partial charge in [-0.2, -0.15) is 0 Å². The molecule has 0 aliphatic rings. The first-order chi connectivity index (χ1) is 8.69. The molecule has 1 rings (SSSR count). The molecule has 0 aromatic heterocycles. The van der Waals surface area contributed by atoms with Crippen molar-refractivity contribution < 1.29 is 19.7 Å². The molecule has 0 aliphatic carbocycles. The normalized spacial score (nSPS) is 10.9. The van der Waals surface area contributed by atoms with E-state index in [2.05, 4.69) is 5.32 Å². The molecule has 0 bridgehead atoms. The molecular weight excluding hydrogens is 234 g/mol. The molecular formula is C13H17NO4. The van der Waals surface area contributed by atoms with Crippen LogP contribution >= 0.6 is 0 Å². The number of aliphatic hydroxyl groups excluding tert-OH is 2. The minimum Gasteiger partial charge on any atom is -0.497 e. The van der Waals surface area contributed by atoms with Gasteiger partial charge < -0.3 is 20.3 Å². The quantitative estimate of drug-likeness (QED) is 0.630. The van der Waals surface area contributed by atoms with Crippen molar-refractivity contribution in [1.29, 1.82) is 0 Å². The molecule has 0 saturated carbocycles. The van der Waals surface area contributed by atoms with Crippen LogP contribution < -0.4 is 10.1 Å². The van der Waals surface area contributed by atoms with Crippen molar-refractivity contribution in [3.63, 3.8) is 0 Å². The largest absolute Gasteiger partial charge is 0.497 e. The van der Waals surface area contributed by atoms with E-state index in [0.717, 1.165) is 11.3 Å². The van der Waals surface area contributed by atoms with E-state index in [9.17, 15) is 4.79 Å². The zero-order valence-electron chi connectivity index (χ0n) is 10.2. The fourth-order valence-corrected chi connectivity index (χ4v) is 1.29. The molecule has 5 nitrogen and oxygen atoms in total. The Balaban J connectivity index is 2.54. The number of amides is 1. The van der Waals surface area contributed by atoms with Gasteiger partial charge in [-0.15, -0.1) is 0 Å². The smallest absolute Gasteiger partial charge is 0.244 e. The van der Waals surface area contributed by atoms with Gasteiger partial charge in [0.1, 0.15) is 5.75 Å². The Morgan fingerprint density at radius 1 is 1.33 bits per heavy atom. The number of rotatable bonds is 6. The van der Waals surface area contributed by atoms with Gasteiger partial charge >= 0.3 is 0 Å². The summed E-state index contributed by atoms with van der Waals surface area (Å²) in [5.41, 5.74) is 0.857. The summed E-state index contributed by atoms with van der Waals surface area (Å²) in [6.45, 7) is -0.586. The Morgan fingerprint density at radius 3 is 2.44 bits per heavy atom. The van der Waals surface area contributed by atoms with Crippen LogP contribution in [0.15, 0.2) is 30.3 Å². The first-order valence-corrected chi connectivity index (χ1v) is 5.54. The van der Waals surface area contributed by atoms with Crippen LogP contribution in [0.1, 0.15) is 5.56 Å². The number of aliphatic hydroxyl groups is 2. The molecule has 0 aliphatic heterocycles. The zero-order chi connectivity index (χ0) is 13.4. The summed E-state index contributed by atoms with van der Waals surface area (Å²) in [5, 5.41) is 20.1. The van der Waals surface area contributed by atoms with Gasteiger partial charge in [0.05, 0.1) is 26.4 Å². The Kier molecular flexibility index (Phi) is 5.90. The second-order valence-electron chi connectivity index (χ2n) is 3.68. The van der Waals surface area contributed by atoms with Crippen molar-refractivity contribution in [2.45, 2.75) is 6.04 Å².